The minimum Gasteiger partial charge on any atom is -0.378 e. The number of anilines is 2. The van der Waals surface area contributed by atoms with Gasteiger partial charge < -0.3 is 15.0 Å². The van der Waals surface area contributed by atoms with E-state index in [1.165, 1.54) is 5.38 Å². The molecule has 0 unspecified atom stereocenters. The van der Waals surface area contributed by atoms with E-state index in [1.54, 1.807) is 16.3 Å². The predicted molar refractivity (Wildman–Crippen MR) is 86.6 cm³/mol. The number of hydrogen-bond acceptors (Lipinski definition) is 4. The van der Waals surface area contributed by atoms with Crippen molar-refractivity contribution in [1.29, 1.82) is 0 Å². The molecule has 1 aliphatic heterocycles. The Morgan fingerprint density at radius 1 is 1.04 bits per heavy atom. The van der Waals surface area contributed by atoms with Crippen molar-refractivity contribution in [3.63, 3.8) is 0 Å². The number of halogens is 7. The van der Waals surface area contributed by atoms with Gasteiger partial charge in [-0.2, -0.15) is 13.2 Å². The van der Waals surface area contributed by atoms with Crippen LogP contribution >= 0.6 is 11.3 Å². The minimum atomic E-state index is -5.66. The third-order valence-corrected chi connectivity index (χ3v) is 4.89. The Morgan fingerprint density at radius 3 is 2.14 bits per heavy atom. The number of ether oxygens (including phenoxy) is 1. The van der Waals surface area contributed by atoms with Crippen molar-refractivity contribution in [2.24, 2.45) is 0 Å². The van der Waals surface area contributed by atoms with Gasteiger partial charge in [0.2, 0.25) is 0 Å². The fourth-order valence-electron chi connectivity index (χ4n) is 2.69. The van der Waals surface area contributed by atoms with Crippen molar-refractivity contribution in [1.82, 2.24) is 0 Å². The van der Waals surface area contributed by atoms with Gasteiger partial charge in [-0.05, 0) is 11.4 Å². The monoisotopic (exact) mass is 428 g/mol. The van der Waals surface area contributed by atoms with Crippen LogP contribution in [0.2, 0.25) is 0 Å². The van der Waals surface area contributed by atoms with Gasteiger partial charge in [0.05, 0.1) is 18.9 Å². The maximum atomic E-state index is 14.0. The quantitative estimate of drug-likeness (QED) is 0.582. The fourth-order valence-corrected chi connectivity index (χ4v) is 3.50. The number of morpholine rings is 1. The van der Waals surface area contributed by atoms with Crippen molar-refractivity contribution in [3.8, 4) is 0 Å². The van der Waals surface area contributed by atoms with Gasteiger partial charge in [0.15, 0.2) is 23.3 Å². The molecule has 1 N–H and O–H groups in total. The molecular formula is C16H11F7N2O2S. The third kappa shape index (κ3) is 3.65. The van der Waals surface area contributed by atoms with E-state index >= 15 is 0 Å². The molecule has 12 heteroatoms. The number of alkyl halides is 3. The number of hydrogen-bond donors (Lipinski definition) is 1. The van der Waals surface area contributed by atoms with E-state index in [2.05, 4.69) is 0 Å². The van der Waals surface area contributed by atoms with Crippen molar-refractivity contribution in [2.75, 3.05) is 36.5 Å². The molecule has 1 aliphatic rings. The highest BCUT2D eigenvalue weighted by Crippen LogP contribution is 2.39. The Kier molecular flexibility index (Phi) is 5.53. The molecule has 0 aliphatic carbocycles. The number of amides is 1. The average Bonchev–Trinajstić information content (AvgIpc) is 3.13. The predicted octanol–water partition coefficient (Wildman–Crippen LogP) is 4.41. The molecule has 1 saturated heterocycles. The molecule has 2 aromatic rings. The Morgan fingerprint density at radius 2 is 1.61 bits per heavy atom. The lowest BCUT2D eigenvalue weighted by molar-refractivity contribution is -0.143. The lowest BCUT2D eigenvalue weighted by Gasteiger charge is -2.28. The molecule has 0 atom stereocenters. The van der Waals surface area contributed by atoms with E-state index in [9.17, 15) is 35.5 Å². The molecule has 0 bridgehead atoms. The lowest BCUT2D eigenvalue weighted by atomic mass is 10.1. The van der Waals surface area contributed by atoms with E-state index < -0.39 is 46.6 Å². The molecule has 1 aromatic carbocycles. The molecule has 152 valence electrons. The molecule has 3 rings (SSSR count). The summed E-state index contributed by atoms with van der Waals surface area (Å²) in [6.07, 6.45) is -5.66. The van der Waals surface area contributed by atoms with E-state index in [-0.39, 0.29) is 4.88 Å². The second kappa shape index (κ2) is 7.59. The zero-order valence-corrected chi connectivity index (χ0v) is 14.6. The van der Waals surface area contributed by atoms with E-state index in [0.29, 0.717) is 32.0 Å². The normalized spacial score (nSPS) is 15.0. The highest BCUT2D eigenvalue weighted by atomic mass is 32.1. The molecule has 2 heterocycles. The summed E-state index contributed by atoms with van der Waals surface area (Å²) in [6.45, 7) is 1.64. The second-order valence-corrected chi connectivity index (χ2v) is 6.61. The number of rotatable bonds is 3. The first kappa shape index (κ1) is 20.4. The zero-order valence-electron chi connectivity index (χ0n) is 13.8. The summed E-state index contributed by atoms with van der Waals surface area (Å²) in [7, 11) is 0. The van der Waals surface area contributed by atoms with Crippen LogP contribution in [0.3, 0.4) is 0 Å². The number of thiophene rings is 1. The molecule has 0 radical (unpaired) electrons. The van der Waals surface area contributed by atoms with Gasteiger partial charge in [-0.1, -0.05) is 0 Å². The highest BCUT2D eigenvalue weighted by Gasteiger charge is 2.42. The number of benzene rings is 1. The van der Waals surface area contributed by atoms with Crippen LogP contribution in [-0.4, -0.2) is 32.2 Å². The van der Waals surface area contributed by atoms with Crippen LogP contribution in [-0.2, 0) is 10.9 Å². The maximum absolute atomic E-state index is 14.0. The Hall–Kier alpha value is -2.34. The van der Waals surface area contributed by atoms with Gasteiger partial charge in [0, 0.05) is 13.1 Å². The van der Waals surface area contributed by atoms with Gasteiger partial charge in [-0.25, -0.2) is 17.6 Å². The van der Waals surface area contributed by atoms with Crippen LogP contribution in [0.5, 0.6) is 0 Å². The Balaban J connectivity index is 1.95. The number of carbonyl (C=O) groups excluding carboxylic acids is 1. The van der Waals surface area contributed by atoms with Crippen LogP contribution < -0.4 is 10.2 Å². The highest BCUT2D eigenvalue weighted by molar-refractivity contribution is 7.12. The first-order valence-electron chi connectivity index (χ1n) is 7.77. The zero-order chi connectivity index (χ0) is 20.6. The molecular weight excluding hydrogens is 417 g/mol. The summed E-state index contributed by atoms with van der Waals surface area (Å²) in [5, 5.41) is 3.15. The number of carbonyl (C=O) groups is 1. The largest absolute Gasteiger partial charge is 0.422 e. The summed E-state index contributed by atoms with van der Waals surface area (Å²) in [5.74, 6) is -11.1. The standard InChI is InChI=1S/C16H11F7N2O2S/c17-9-8(16(21,22)23)10(18)12(20)13(11(9)19)24-15(26)14-7(1-6-28-14)25-2-4-27-5-3-25/h1,6H,2-5H2,(H,24,26). The van der Waals surface area contributed by atoms with Crippen molar-refractivity contribution in [2.45, 2.75) is 6.18 Å². The molecule has 1 amide bonds. The van der Waals surface area contributed by atoms with Crippen LogP contribution in [0.15, 0.2) is 11.4 Å². The molecule has 0 spiro atoms. The van der Waals surface area contributed by atoms with Crippen molar-refractivity contribution < 1.29 is 40.3 Å². The first-order valence-corrected chi connectivity index (χ1v) is 8.65. The van der Waals surface area contributed by atoms with Gasteiger partial charge >= 0.3 is 6.18 Å². The molecule has 1 aromatic heterocycles. The molecule has 1 fully saturated rings. The molecule has 0 saturated carbocycles. The number of nitrogens with zero attached hydrogens (tertiary/aromatic N) is 1. The van der Waals surface area contributed by atoms with Gasteiger partial charge in [-0.15, -0.1) is 11.3 Å². The second-order valence-electron chi connectivity index (χ2n) is 5.69. The van der Waals surface area contributed by atoms with Crippen LogP contribution in [0, 0.1) is 23.3 Å². The molecule has 4 nitrogen and oxygen atoms in total. The SMILES string of the molecule is O=C(Nc1c(F)c(F)c(C(F)(F)F)c(F)c1F)c1sccc1N1CCOCC1. The van der Waals surface area contributed by atoms with Crippen molar-refractivity contribution in [3.05, 3.63) is 45.2 Å². The minimum absolute atomic E-state index is 0.0265. The summed E-state index contributed by atoms with van der Waals surface area (Å²) in [6, 6.07) is 1.56. The summed E-state index contributed by atoms with van der Waals surface area (Å²) in [4.78, 5) is 14.1. The summed E-state index contributed by atoms with van der Waals surface area (Å²) < 4.78 is 98.4. The van der Waals surface area contributed by atoms with Crippen LogP contribution in [0.1, 0.15) is 15.2 Å². The average molecular weight is 428 g/mol. The van der Waals surface area contributed by atoms with Crippen LogP contribution in [0.4, 0.5) is 42.1 Å². The lowest BCUT2D eigenvalue weighted by Crippen LogP contribution is -2.37. The summed E-state index contributed by atoms with van der Waals surface area (Å²) >= 11 is 0.891. The number of nitrogens with one attached hydrogen (secondary N) is 1. The van der Waals surface area contributed by atoms with Gasteiger partial charge in [0.1, 0.15) is 16.1 Å². The van der Waals surface area contributed by atoms with Crippen LogP contribution in [0.25, 0.3) is 0 Å². The maximum Gasteiger partial charge on any atom is 0.422 e. The van der Waals surface area contributed by atoms with Crippen molar-refractivity contribution >= 4 is 28.6 Å². The van der Waals surface area contributed by atoms with E-state index in [1.807, 2.05) is 0 Å². The Labute approximate surface area is 157 Å². The third-order valence-electron chi connectivity index (χ3n) is 3.99. The van der Waals surface area contributed by atoms with E-state index in [0.717, 1.165) is 11.3 Å². The Bertz CT molecular complexity index is 878. The van der Waals surface area contributed by atoms with E-state index in [4.69, 9.17) is 4.74 Å². The molecule has 28 heavy (non-hydrogen) atoms. The topological polar surface area (TPSA) is 41.6 Å². The first-order chi connectivity index (χ1) is 13.1. The van der Waals surface area contributed by atoms with Gasteiger partial charge in [0.25, 0.3) is 5.91 Å². The summed E-state index contributed by atoms with van der Waals surface area (Å²) in [5.41, 5.74) is -3.93. The smallest absolute Gasteiger partial charge is 0.378 e. The fraction of sp³-hybridized carbons (Fsp3) is 0.312. The van der Waals surface area contributed by atoms with Gasteiger partial charge in [-0.3, -0.25) is 4.79 Å².